The second kappa shape index (κ2) is 5.84. The van der Waals surface area contributed by atoms with Gasteiger partial charge in [0.25, 0.3) is 0 Å². The first-order valence-corrected chi connectivity index (χ1v) is 5.42. The Bertz CT molecular complexity index is 373. The number of halogens is 2. The van der Waals surface area contributed by atoms with Crippen LogP contribution in [0.4, 0.5) is 4.39 Å². The van der Waals surface area contributed by atoms with Crippen molar-refractivity contribution in [1.82, 2.24) is 4.90 Å². The summed E-state index contributed by atoms with van der Waals surface area (Å²) in [7, 11) is 1.87. The number of nitrogens with zero attached hydrogens (tertiary/aromatic N) is 2. The smallest absolute Gasteiger partial charge is 0.128 e. The molecule has 0 aliphatic rings. The van der Waals surface area contributed by atoms with Crippen LogP contribution in [-0.4, -0.2) is 18.5 Å². The van der Waals surface area contributed by atoms with Crippen LogP contribution in [0.1, 0.15) is 12.0 Å². The molecule has 0 bridgehead atoms. The van der Waals surface area contributed by atoms with E-state index in [9.17, 15) is 4.39 Å². The van der Waals surface area contributed by atoms with E-state index in [4.69, 9.17) is 5.26 Å². The van der Waals surface area contributed by atoms with Gasteiger partial charge in [0.1, 0.15) is 5.82 Å². The molecule has 80 valence electrons. The van der Waals surface area contributed by atoms with Gasteiger partial charge in [-0.2, -0.15) is 5.26 Å². The van der Waals surface area contributed by atoms with Gasteiger partial charge in [-0.05, 0) is 19.2 Å². The van der Waals surface area contributed by atoms with Crippen molar-refractivity contribution in [2.75, 3.05) is 13.6 Å². The summed E-state index contributed by atoms with van der Waals surface area (Å²) in [5.74, 6) is -0.215. The van der Waals surface area contributed by atoms with Crippen LogP contribution in [0.3, 0.4) is 0 Å². The molecule has 1 aromatic rings. The summed E-state index contributed by atoms with van der Waals surface area (Å²) in [6.07, 6.45) is 0.467. The number of benzene rings is 1. The average Bonchev–Trinajstić information content (AvgIpc) is 2.19. The van der Waals surface area contributed by atoms with Gasteiger partial charge in [0, 0.05) is 29.5 Å². The maximum absolute atomic E-state index is 13.4. The Labute approximate surface area is 97.4 Å². The van der Waals surface area contributed by atoms with Gasteiger partial charge in [-0.15, -0.1) is 0 Å². The van der Waals surface area contributed by atoms with Crippen LogP contribution in [0, 0.1) is 17.1 Å². The maximum Gasteiger partial charge on any atom is 0.128 e. The molecule has 0 N–H and O–H groups in total. The van der Waals surface area contributed by atoms with E-state index in [2.05, 4.69) is 22.0 Å². The van der Waals surface area contributed by atoms with Gasteiger partial charge in [0.15, 0.2) is 0 Å². The van der Waals surface area contributed by atoms with Crippen molar-refractivity contribution in [3.8, 4) is 6.07 Å². The second-order valence-corrected chi connectivity index (χ2v) is 4.30. The molecule has 0 fully saturated rings. The minimum atomic E-state index is -0.215. The van der Waals surface area contributed by atoms with E-state index in [-0.39, 0.29) is 5.82 Å². The molecule has 1 aromatic carbocycles. The summed E-state index contributed by atoms with van der Waals surface area (Å²) in [6.45, 7) is 1.19. The monoisotopic (exact) mass is 270 g/mol. The first-order chi connectivity index (χ1) is 7.13. The summed E-state index contributed by atoms with van der Waals surface area (Å²) < 4.78 is 14.2. The molecule has 4 heteroatoms. The van der Waals surface area contributed by atoms with Gasteiger partial charge in [-0.25, -0.2) is 4.39 Å². The van der Waals surface area contributed by atoms with Crippen molar-refractivity contribution in [3.63, 3.8) is 0 Å². The van der Waals surface area contributed by atoms with E-state index < -0.39 is 0 Å². The third-order valence-corrected chi connectivity index (χ3v) is 2.55. The lowest BCUT2D eigenvalue weighted by Crippen LogP contribution is -2.19. The highest BCUT2D eigenvalue weighted by atomic mass is 79.9. The number of rotatable bonds is 4. The minimum absolute atomic E-state index is 0.215. The van der Waals surface area contributed by atoms with E-state index in [1.165, 1.54) is 6.07 Å². The number of hydrogen-bond acceptors (Lipinski definition) is 2. The summed E-state index contributed by atoms with van der Waals surface area (Å²) in [5.41, 5.74) is 0.652. The van der Waals surface area contributed by atoms with Crippen LogP contribution in [0.15, 0.2) is 22.7 Å². The van der Waals surface area contributed by atoms with Crippen LogP contribution < -0.4 is 0 Å². The molecular formula is C11H12BrFN2. The first-order valence-electron chi connectivity index (χ1n) is 4.63. The first kappa shape index (κ1) is 12.2. The van der Waals surface area contributed by atoms with Gasteiger partial charge in [0.2, 0.25) is 0 Å². The molecular weight excluding hydrogens is 259 g/mol. The lowest BCUT2D eigenvalue weighted by molar-refractivity contribution is 0.329. The molecule has 2 nitrogen and oxygen atoms in total. The highest BCUT2D eigenvalue weighted by Crippen LogP contribution is 2.16. The van der Waals surface area contributed by atoms with E-state index in [1.807, 2.05) is 18.0 Å². The van der Waals surface area contributed by atoms with Crippen LogP contribution in [0.2, 0.25) is 0 Å². The second-order valence-electron chi connectivity index (χ2n) is 3.38. The molecule has 0 unspecified atom stereocenters. The molecule has 0 heterocycles. The summed E-state index contributed by atoms with van der Waals surface area (Å²) in [6, 6.07) is 7.09. The van der Waals surface area contributed by atoms with E-state index >= 15 is 0 Å². The predicted octanol–water partition coefficient (Wildman–Crippen LogP) is 2.93. The standard InChI is InChI=1S/C11H12BrFN2/c1-15(6-2-5-14)8-9-3-4-10(12)7-11(9)13/h3-4,7H,2,6,8H2,1H3. The fourth-order valence-corrected chi connectivity index (χ4v) is 1.59. The third-order valence-electron chi connectivity index (χ3n) is 2.06. The topological polar surface area (TPSA) is 27.0 Å². The van der Waals surface area contributed by atoms with Gasteiger partial charge in [-0.3, -0.25) is 0 Å². The van der Waals surface area contributed by atoms with Crippen molar-refractivity contribution >= 4 is 15.9 Å². The van der Waals surface area contributed by atoms with Crippen LogP contribution in [0.25, 0.3) is 0 Å². The fraction of sp³-hybridized carbons (Fsp3) is 0.364. The van der Waals surface area contributed by atoms with Crippen LogP contribution in [-0.2, 0) is 6.54 Å². The highest BCUT2D eigenvalue weighted by molar-refractivity contribution is 9.10. The zero-order valence-electron chi connectivity index (χ0n) is 8.50. The molecule has 0 radical (unpaired) electrons. The van der Waals surface area contributed by atoms with Gasteiger partial charge >= 0.3 is 0 Å². The van der Waals surface area contributed by atoms with Crippen molar-refractivity contribution in [2.45, 2.75) is 13.0 Å². The van der Waals surface area contributed by atoms with Crippen LogP contribution >= 0.6 is 15.9 Å². The molecule has 0 amide bonds. The Kier molecular flexibility index (Phi) is 4.73. The average molecular weight is 271 g/mol. The molecule has 0 aromatic heterocycles. The maximum atomic E-state index is 13.4. The van der Waals surface area contributed by atoms with Crippen molar-refractivity contribution in [3.05, 3.63) is 34.1 Å². The Morgan fingerprint density at radius 3 is 2.87 bits per heavy atom. The third kappa shape index (κ3) is 3.98. The fourth-order valence-electron chi connectivity index (χ4n) is 1.26. The van der Waals surface area contributed by atoms with Crippen molar-refractivity contribution < 1.29 is 4.39 Å². The molecule has 15 heavy (non-hydrogen) atoms. The molecule has 0 saturated carbocycles. The Morgan fingerprint density at radius 1 is 1.53 bits per heavy atom. The lowest BCUT2D eigenvalue weighted by Gasteiger charge is -2.15. The number of nitriles is 1. The van der Waals surface area contributed by atoms with E-state index in [1.54, 1.807) is 6.07 Å². The molecule has 1 rings (SSSR count). The normalized spacial score (nSPS) is 10.3. The van der Waals surface area contributed by atoms with E-state index in [0.29, 0.717) is 25.1 Å². The Hall–Kier alpha value is -0.920. The summed E-state index contributed by atoms with van der Waals surface area (Å²) in [5, 5.41) is 8.42. The van der Waals surface area contributed by atoms with Gasteiger partial charge < -0.3 is 4.90 Å². The minimum Gasteiger partial charge on any atom is -0.301 e. The largest absolute Gasteiger partial charge is 0.301 e. The predicted molar refractivity (Wildman–Crippen MR) is 60.7 cm³/mol. The van der Waals surface area contributed by atoms with Gasteiger partial charge in [-0.1, -0.05) is 22.0 Å². The SMILES string of the molecule is CN(CCC#N)Cc1ccc(Br)cc1F. The quantitative estimate of drug-likeness (QED) is 0.841. The molecule has 0 spiro atoms. The molecule has 0 aliphatic heterocycles. The van der Waals surface area contributed by atoms with Crippen molar-refractivity contribution in [2.24, 2.45) is 0 Å². The summed E-state index contributed by atoms with van der Waals surface area (Å²) >= 11 is 3.21. The molecule has 0 aliphatic carbocycles. The van der Waals surface area contributed by atoms with Crippen molar-refractivity contribution in [1.29, 1.82) is 5.26 Å². The Morgan fingerprint density at radius 2 is 2.27 bits per heavy atom. The molecule has 0 atom stereocenters. The van der Waals surface area contributed by atoms with E-state index in [0.717, 1.165) is 4.47 Å². The zero-order valence-corrected chi connectivity index (χ0v) is 10.1. The molecule has 0 saturated heterocycles. The summed E-state index contributed by atoms with van der Waals surface area (Å²) in [4.78, 5) is 1.93. The highest BCUT2D eigenvalue weighted by Gasteiger charge is 2.05. The van der Waals surface area contributed by atoms with Gasteiger partial charge in [0.05, 0.1) is 6.07 Å². The lowest BCUT2D eigenvalue weighted by atomic mass is 10.2. The van der Waals surface area contributed by atoms with Crippen LogP contribution in [0.5, 0.6) is 0 Å². The zero-order chi connectivity index (χ0) is 11.3. The number of hydrogen-bond donors (Lipinski definition) is 0. The Balaban J connectivity index is 2.61.